The molecular formula is C18H36O2Si. The molecule has 2 nitrogen and oxygen atoms in total. The van der Waals surface area contributed by atoms with Crippen LogP contribution in [0.25, 0.3) is 0 Å². The highest BCUT2D eigenvalue weighted by molar-refractivity contribution is 6.81. The number of Topliss-reactive ketones (excluding diaryl/α,β-unsaturated/α-hetero) is 1. The standard InChI is InChI=1S/C18H36O2Si/c1-11-15(19)13(3)16-12(2)14(4)21(20-16,17(5,6)7)18(8,9)10/h12-14,16H,11H2,1-10H3/t12-,13+,14+,16-/m0/s1. The average molecular weight is 313 g/mol. The van der Waals surface area contributed by atoms with Crippen molar-refractivity contribution < 1.29 is 9.22 Å². The van der Waals surface area contributed by atoms with Gasteiger partial charge in [-0.2, -0.15) is 0 Å². The molecule has 21 heavy (non-hydrogen) atoms. The van der Waals surface area contributed by atoms with E-state index in [1.165, 1.54) is 0 Å². The summed E-state index contributed by atoms with van der Waals surface area (Å²) in [5.74, 6) is 0.818. The Morgan fingerprint density at radius 3 is 1.81 bits per heavy atom. The SMILES string of the molecule is CCC(=O)[C@@H](C)[C@H]1O[Si](C(C)(C)C)(C(C)(C)C)[C@H](C)[C@@H]1C. The lowest BCUT2D eigenvalue weighted by Crippen LogP contribution is -2.55. The third-order valence-electron chi connectivity index (χ3n) is 5.85. The van der Waals surface area contributed by atoms with Crippen LogP contribution in [0.15, 0.2) is 0 Å². The van der Waals surface area contributed by atoms with E-state index < -0.39 is 8.32 Å². The van der Waals surface area contributed by atoms with E-state index in [1.807, 2.05) is 6.92 Å². The summed E-state index contributed by atoms with van der Waals surface area (Å²) in [4.78, 5) is 12.2. The van der Waals surface area contributed by atoms with Crippen LogP contribution in [0.4, 0.5) is 0 Å². The van der Waals surface area contributed by atoms with Gasteiger partial charge in [-0.1, -0.05) is 69.2 Å². The van der Waals surface area contributed by atoms with E-state index in [9.17, 15) is 4.79 Å². The van der Waals surface area contributed by atoms with Gasteiger partial charge in [-0.25, -0.2) is 0 Å². The lowest BCUT2D eigenvalue weighted by molar-refractivity contribution is -0.125. The highest BCUT2D eigenvalue weighted by Crippen LogP contribution is 2.64. The molecule has 1 aliphatic rings. The first-order valence-corrected chi connectivity index (χ1v) is 10.5. The van der Waals surface area contributed by atoms with Gasteiger partial charge in [-0.3, -0.25) is 4.79 Å². The summed E-state index contributed by atoms with van der Waals surface area (Å²) in [6.07, 6.45) is 0.708. The molecule has 0 aromatic heterocycles. The second kappa shape index (κ2) is 5.81. The Hall–Kier alpha value is -0.153. The van der Waals surface area contributed by atoms with E-state index >= 15 is 0 Å². The molecule has 0 bridgehead atoms. The van der Waals surface area contributed by atoms with Crippen LogP contribution >= 0.6 is 0 Å². The topological polar surface area (TPSA) is 26.3 Å². The van der Waals surface area contributed by atoms with Crippen molar-refractivity contribution in [2.24, 2.45) is 11.8 Å². The van der Waals surface area contributed by atoms with Crippen LogP contribution < -0.4 is 0 Å². The number of ketones is 1. The smallest absolute Gasteiger partial charge is 0.206 e. The molecule has 0 spiro atoms. The van der Waals surface area contributed by atoms with Crippen molar-refractivity contribution in [1.82, 2.24) is 0 Å². The van der Waals surface area contributed by atoms with Crippen LogP contribution in [0.2, 0.25) is 15.6 Å². The van der Waals surface area contributed by atoms with Crippen LogP contribution in [0.1, 0.15) is 75.7 Å². The second-order valence-corrected chi connectivity index (χ2v) is 14.7. The van der Waals surface area contributed by atoms with Gasteiger partial charge in [0.2, 0.25) is 8.32 Å². The first-order chi connectivity index (χ1) is 9.31. The molecule has 1 aliphatic heterocycles. The Balaban J connectivity index is 3.30. The van der Waals surface area contributed by atoms with Crippen molar-refractivity contribution in [3.05, 3.63) is 0 Å². The summed E-state index contributed by atoms with van der Waals surface area (Å²) in [7, 11) is -2.04. The van der Waals surface area contributed by atoms with Gasteiger partial charge in [-0.05, 0) is 21.5 Å². The Morgan fingerprint density at radius 1 is 1.10 bits per heavy atom. The fourth-order valence-corrected chi connectivity index (χ4v) is 12.7. The van der Waals surface area contributed by atoms with E-state index in [0.29, 0.717) is 23.7 Å². The van der Waals surface area contributed by atoms with Gasteiger partial charge in [0, 0.05) is 12.3 Å². The average Bonchev–Trinajstić information content (AvgIpc) is 2.60. The van der Waals surface area contributed by atoms with Crippen molar-refractivity contribution >= 4 is 14.1 Å². The lowest BCUT2D eigenvalue weighted by atomic mass is 9.88. The summed E-state index contributed by atoms with van der Waals surface area (Å²) in [6, 6.07) is 0. The van der Waals surface area contributed by atoms with E-state index in [4.69, 9.17) is 4.43 Å². The van der Waals surface area contributed by atoms with Crippen LogP contribution in [0.3, 0.4) is 0 Å². The molecule has 1 saturated heterocycles. The minimum Gasteiger partial charge on any atom is -0.412 e. The van der Waals surface area contributed by atoms with E-state index in [-0.39, 0.29) is 22.1 Å². The Kier molecular flexibility index (Phi) is 5.22. The molecule has 1 fully saturated rings. The number of carbonyl (C=O) groups excluding carboxylic acids is 1. The van der Waals surface area contributed by atoms with Gasteiger partial charge in [0.1, 0.15) is 5.78 Å². The Morgan fingerprint density at radius 2 is 1.52 bits per heavy atom. The van der Waals surface area contributed by atoms with Crippen LogP contribution in [-0.4, -0.2) is 20.2 Å². The fourth-order valence-electron chi connectivity index (χ4n) is 4.99. The van der Waals surface area contributed by atoms with E-state index in [2.05, 4.69) is 62.3 Å². The van der Waals surface area contributed by atoms with Gasteiger partial charge in [0.25, 0.3) is 0 Å². The molecule has 0 aromatic rings. The minimum atomic E-state index is -2.04. The zero-order valence-electron chi connectivity index (χ0n) is 15.8. The van der Waals surface area contributed by atoms with Crippen molar-refractivity contribution in [3.63, 3.8) is 0 Å². The first kappa shape index (κ1) is 18.9. The number of hydrogen-bond acceptors (Lipinski definition) is 2. The summed E-state index contributed by atoms with van der Waals surface area (Å²) in [5, 5.41) is 0.339. The summed E-state index contributed by atoms with van der Waals surface area (Å²) >= 11 is 0. The largest absolute Gasteiger partial charge is 0.412 e. The molecule has 1 heterocycles. The predicted molar refractivity (Wildman–Crippen MR) is 93.1 cm³/mol. The van der Waals surface area contributed by atoms with Gasteiger partial charge >= 0.3 is 0 Å². The van der Waals surface area contributed by atoms with Crippen molar-refractivity contribution in [3.8, 4) is 0 Å². The molecule has 124 valence electrons. The normalized spacial score (nSPS) is 31.2. The zero-order chi connectivity index (χ0) is 16.8. The molecule has 0 radical (unpaired) electrons. The highest BCUT2D eigenvalue weighted by Gasteiger charge is 2.65. The summed E-state index contributed by atoms with van der Waals surface area (Å²) < 4.78 is 6.91. The quantitative estimate of drug-likeness (QED) is 0.637. The minimum absolute atomic E-state index is 0.0199. The molecule has 0 unspecified atom stereocenters. The predicted octanol–water partition coefficient (Wildman–Crippen LogP) is 5.57. The molecule has 0 aliphatic carbocycles. The lowest BCUT2D eigenvalue weighted by Gasteiger charge is -2.51. The highest BCUT2D eigenvalue weighted by atomic mass is 28.4. The second-order valence-electron chi connectivity index (χ2n) is 9.07. The van der Waals surface area contributed by atoms with Gasteiger partial charge in [0.05, 0.1) is 6.10 Å². The van der Waals surface area contributed by atoms with Crippen molar-refractivity contribution in [1.29, 1.82) is 0 Å². The van der Waals surface area contributed by atoms with Gasteiger partial charge in [0.15, 0.2) is 0 Å². The zero-order valence-corrected chi connectivity index (χ0v) is 16.8. The number of hydrogen-bond donors (Lipinski definition) is 0. The van der Waals surface area contributed by atoms with Crippen molar-refractivity contribution in [2.45, 2.75) is 97.4 Å². The van der Waals surface area contributed by atoms with E-state index in [0.717, 1.165) is 0 Å². The molecule has 0 aromatic carbocycles. The maximum Gasteiger partial charge on any atom is 0.206 e. The first-order valence-electron chi connectivity index (χ1n) is 8.51. The molecule has 0 N–H and O–H groups in total. The maximum atomic E-state index is 12.2. The van der Waals surface area contributed by atoms with Crippen molar-refractivity contribution in [2.75, 3.05) is 0 Å². The molecular weight excluding hydrogens is 276 g/mol. The molecule has 0 amide bonds. The van der Waals surface area contributed by atoms with Gasteiger partial charge in [-0.15, -0.1) is 0 Å². The fraction of sp³-hybridized carbons (Fsp3) is 0.944. The molecule has 1 rings (SSSR count). The third kappa shape index (κ3) is 2.88. The number of carbonyl (C=O) groups is 1. The Bertz CT molecular complexity index is 375. The third-order valence-corrected chi connectivity index (χ3v) is 12.8. The monoisotopic (exact) mass is 312 g/mol. The molecule has 3 heteroatoms. The van der Waals surface area contributed by atoms with Crippen LogP contribution in [0, 0.1) is 11.8 Å². The van der Waals surface area contributed by atoms with Crippen LogP contribution in [0.5, 0.6) is 0 Å². The summed E-state index contributed by atoms with van der Waals surface area (Å²) in [6.45, 7) is 22.7. The molecule has 0 saturated carbocycles. The summed E-state index contributed by atoms with van der Waals surface area (Å²) in [5.41, 5.74) is 0.564. The van der Waals surface area contributed by atoms with Gasteiger partial charge < -0.3 is 4.43 Å². The molecule has 4 atom stereocenters. The van der Waals surface area contributed by atoms with Crippen LogP contribution in [-0.2, 0) is 9.22 Å². The number of rotatable bonds is 3. The maximum absolute atomic E-state index is 12.2. The van der Waals surface area contributed by atoms with E-state index in [1.54, 1.807) is 0 Å². The Labute approximate surface area is 133 Å².